The molecule has 0 spiro atoms. The van der Waals surface area contributed by atoms with Crippen LogP contribution in [-0.2, 0) is 32.0 Å². The Morgan fingerprint density at radius 1 is 1.12 bits per heavy atom. The Morgan fingerprint density at radius 3 is 2.52 bits per heavy atom. The molecular formula is C26H37N9O5. The Bertz CT molecular complexity index is 1170. The van der Waals surface area contributed by atoms with Crippen LogP contribution >= 0.6 is 0 Å². The topological polar surface area (TPSA) is 235 Å². The summed E-state index contributed by atoms with van der Waals surface area (Å²) in [6, 6.07) is 5.30. The third kappa shape index (κ3) is 8.80. The molecule has 14 nitrogen and oxygen atoms in total. The lowest BCUT2D eigenvalue weighted by Gasteiger charge is -2.30. The van der Waals surface area contributed by atoms with Gasteiger partial charge in [-0.15, -0.1) is 0 Å². The molecule has 1 aromatic heterocycles. The highest BCUT2D eigenvalue weighted by molar-refractivity contribution is 5.94. The monoisotopic (exact) mass is 555 g/mol. The zero-order chi connectivity index (χ0) is 29.1. The number of aromatic amines is 1. The van der Waals surface area contributed by atoms with Crippen LogP contribution in [0.4, 0.5) is 0 Å². The quantitative estimate of drug-likeness (QED) is 0.0825. The molecule has 1 fully saturated rings. The van der Waals surface area contributed by atoms with Crippen LogP contribution in [-0.4, -0.2) is 86.9 Å². The minimum absolute atomic E-state index is 0.00448. The van der Waals surface area contributed by atoms with Crippen molar-refractivity contribution in [2.75, 3.05) is 13.1 Å². The third-order valence-electron chi connectivity index (χ3n) is 6.63. The lowest BCUT2D eigenvalue weighted by molar-refractivity contribution is -0.145. The summed E-state index contributed by atoms with van der Waals surface area (Å²) in [6.07, 6.45) is 4.68. The molecule has 1 aliphatic rings. The molecule has 3 rings (SSSR count). The van der Waals surface area contributed by atoms with E-state index in [2.05, 4.69) is 25.6 Å². The van der Waals surface area contributed by atoms with Crippen LogP contribution in [0, 0.1) is 0 Å². The minimum Gasteiger partial charge on any atom is -0.480 e. The van der Waals surface area contributed by atoms with Gasteiger partial charge in [0.1, 0.15) is 18.1 Å². The molecule has 4 atom stereocenters. The first-order valence-corrected chi connectivity index (χ1v) is 13.1. The average Bonchev–Trinajstić information content (AvgIpc) is 3.62. The molecule has 3 amide bonds. The number of aliphatic imine (C=N–C) groups is 1. The lowest BCUT2D eigenvalue weighted by Crippen LogP contribution is -2.57. The summed E-state index contributed by atoms with van der Waals surface area (Å²) in [6.45, 7) is 0.529. The molecule has 0 aliphatic carbocycles. The van der Waals surface area contributed by atoms with E-state index in [0.29, 0.717) is 25.0 Å². The number of nitrogens with one attached hydrogen (secondary N) is 3. The normalized spacial score (nSPS) is 16.9. The van der Waals surface area contributed by atoms with Gasteiger partial charge in [0.2, 0.25) is 17.7 Å². The molecule has 2 heterocycles. The molecule has 0 radical (unpaired) electrons. The van der Waals surface area contributed by atoms with Crippen LogP contribution in [0.3, 0.4) is 0 Å². The second-order valence-corrected chi connectivity index (χ2v) is 9.68. The fourth-order valence-corrected chi connectivity index (χ4v) is 4.59. The first kappa shape index (κ1) is 30.1. The van der Waals surface area contributed by atoms with Crippen LogP contribution in [0.25, 0.3) is 0 Å². The van der Waals surface area contributed by atoms with Gasteiger partial charge < -0.3 is 42.8 Å². The van der Waals surface area contributed by atoms with E-state index in [1.54, 1.807) is 0 Å². The molecule has 1 aliphatic heterocycles. The van der Waals surface area contributed by atoms with Gasteiger partial charge in [0.05, 0.1) is 12.4 Å². The Kier molecular flexibility index (Phi) is 11.0. The van der Waals surface area contributed by atoms with Crippen molar-refractivity contribution in [2.24, 2.45) is 22.2 Å². The number of carboxylic acid groups (broad SMARTS) is 1. The molecule has 2 aromatic rings. The number of likely N-dealkylation sites (tertiary alicyclic amines) is 1. The number of hydrogen-bond donors (Lipinski definition) is 7. The predicted molar refractivity (Wildman–Crippen MR) is 147 cm³/mol. The van der Waals surface area contributed by atoms with E-state index in [1.807, 2.05) is 30.3 Å². The molecule has 14 heteroatoms. The molecule has 1 aromatic carbocycles. The Hall–Kier alpha value is -4.46. The van der Waals surface area contributed by atoms with Crippen LogP contribution < -0.4 is 27.8 Å². The van der Waals surface area contributed by atoms with Crippen LogP contribution in [0.5, 0.6) is 0 Å². The van der Waals surface area contributed by atoms with E-state index in [4.69, 9.17) is 17.2 Å². The summed E-state index contributed by atoms with van der Waals surface area (Å²) in [5.41, 5.74) is 18.3. The van der Waals surface area contributed by atoms with E-state index in [-0.39, 0.29) is 38.3 Å². The van der Waals surface area contributed by atoms with Gasteiger partial charge in [-0.25, -0.2) is 9.78 Å². The van der Waals surface area contributed by atoms with Crippen molar-refractivity contribution in [3.05, 3.63) is 54.1 Å². The number of benzene rings is 1. The first-order chi connectivity index (χ1) is 19.2. The summed E-state index contributed by atoms with van der Waals surface area (Å²) in [4.78, 5) is 63.6. The SMILES string of the molecule is NC(N)=NCCCC(NC(=O)C(N)Cc1ccccc1)C(=O)N1CCCC1C(=O)NC(Cc1cnc[nH]1)C(=O)O. The lowest BCUT2D eigenvalue weighted by atomic mass is 10.0. The second kappa shape index (κ2) is 14.6. The maximum Gasteiger partial charge on any atom is 0.326 e. The van der Waals surface area contributed by atoms with Crippen molar-refractivity contribution in [1.29, 1.82) is 0 Å². The highest BCUT2D eigenvalue weighted by Gasteiger charge is 2.39. The zero-order valence-electron chi connectivity index (χ0n) is 22.2. The van der Waals surface area contributed by atoms with Crippen LogP contribution in [0.1, 0.15) is 36.9 Å². The van der Waals surface area contributed by atoms with E-state index in [1.165, 1.54) is 17.4 Å². The first-order valence-electron chi connectivity index (χ1n) is 13.1. The van der Waals surface area contributed by atoms with Crippen molar-refractivity contribution >= 4 is 29.7 Å². The Labute approximate surface area is 231 Å². The molecule has 216 valence electrons. The number of carbonyl (C=O) groups excluding carboxylic acids is 3. The number of carboxylic acids is 1. The van der Waals surface area contributed by atoms with Gasteiger partial charge in [-0.1, -0.05) is 30.3 Å². The highest BCUT2D eigenvalue weighted by atomic mass is 16.4. The number of nitrogens with zero attached hydrogens (tertiary/aromatic N) is 3. The molecule has 0 bridgehead atoms. The van der Waals surface area contributed by atoms with Gasteiger partial charge in [-0.05, 0) is 37.7 Å². The van der Waals surface area contributed by atoms with Crippen molar-refractivity contribution < 1.29 is 24.3 Å². The summed E-state index contributed by atoms with van der Waals surface area (Å²) in [5, 5.41) is 14.9. The van der Waals surface area contributed by atoms with Gasteiger partial charge in [-0.3, -0.25) is 19.4 Å². The zero-order valence-corrected chi connectivity index (χ0v) is 22.2. The molecule has 4 unspecified atom stereocenters. The number of rotatable bonds is 14. The number of amides is 3. The minimum atomic E-state index is -1.21. The smallest absolute Gasteiger partial charge is 0.326 e. The van der Waals surface area contributed by atoms with Gasteiger partial charge >= 0.3 is 5.97 Å². The standard InChI is InChI=1S/C26H37N9O5/c27-18(12-16-6-2-1-3-7-16)22(36)33-19(8-4-10-31-26(28)29)24(38)35-11-5-9-21(35)23(37)34-20(25(39)40)13-17-14-30-15-32-17/h1-3,6-7,14-15,18-21H,4-5,8-13,27H2,(H,30,32)(H,33,36)(H,34,37)(H,39,40)(H4,28,29,31). The number of aliphatic carboxylic acids is 1. The summed E-state index contributed by atoms with van der Waals surface area (Å²) in [7, 11) is 0. The summed E-state index contributed by atoms with van der Waals surface area (Å²) >= 11 is 0. The van der Waals surface area contributed by atoms with Gasteiger partial charge in [0.25, 0.3) is 0 Å². The van der Waals surface area contributed by atoms with E-state index in [9.17, 15) is 24.3 Å². The highest BCUT2D eigenvalue weighted by Crippen LogP contribution is 2.20. The number of nitrogens with two attached hydrogens (primary N) is 3. The third-order valence-corrected chi connectivity index (χ3v) is 6.63. The fourth-order valence-electron chi connectivity index (χ4n) is 4.59. The number of hydrogen-bond acceptors (Lipinski definition) is 7. The number of imidazole rings is 1. The molecule has 0 saturated carbocycles. The second-order valence-electron chi connectivity index (χ2n) is 9.68. The summed E-state index contributed by atoms with van der Waals surface area (Å²) < 4.78 is 0. The predicted octanol–water partition coefficient (Wildman–Crippen LogP) is -1.38. The van der Waals surface area contributed by atoms with Crippen LogP contribution in [0.2, 0.25) is 0 Å². The van der Waals surface area contributed by atoms with Gasteiger partial charge in [0, 0.05) is 31.4 Å². The van der Waals surface area contributed by atoms with E-state index >= 15 is 0 Å². The van der Waals surface area contributed by atoms with Gasteiger partial charge in [-0.2, -0.15) is 0 Å². The Morgan fingerprint density at radius 2 is 1.88 bits per heavy atom. The van der Waals surface area contributed by atoms with Crippen molar-refractivity contribution in [1.82, 2.24) is 25.5 Å². The largest absolute Gasteiger partial charge is 0.480 e. The van der Waals surface area contributed by atoms with Crippen LogP contribution in [0.15, 0.2) is 47.8 Å². The average molecular weight is 556 g/mol. The number of H-pyrrole nitrogens is 1. The van der Waals surface area contributed by atoms with E-state index in [0.717, 1.165) is 5.56 Å². The van der Waals surface area contributed by atoms with Crippen molar-refractivity contribution in [2.45, 2.75) is 62.7 Å². The molecule has 10 N–H and O–H groups in total. The summed E-state index contributed by atoms with van der Waals surface area (Å²) in [5.74, 6) is -2.84. The molecule has 1 saturated heterocycles. The van der Waals surface area contributed by atoms with Gasteiger partial charge in [0.15, 0.2) is 5.96 Å². The maximum absolute atomic E-state index is 13.7. The maximum atomic E-state index is 13.7. The number of carbonyl (C=O) groups is 4. The van der Waals surface area contributed by atoms with Crippen molar-refractivity contribution in [3.63, 3.8) is 0 Å². The Balaban J connectivity index is 1.69. The molecular weight excluding hydrogens is 518 g/mol. The van der Waals surface area contributed by atoms with E-state index < -0.39 is 47.9 Å². The van der Waals surface area contributed by atoms with Crippen molar-refractivity contribution in [3.8, 4) is 0 Å². The molecule has 40 heavy (non-hydrogen) atoms. The fraction of sp³-hybridized carbons (Fsp3) is 0.462. The number of guanidine groups is 1. The number of aromatic nitrogens is 2.